The van der Waals surface area contributed by atoms with Crippen molar-refractivity contribution in [3.05, 3.63) is 0 Å². The summed E-state index contributed by atoms with van der Waals surface area (Å²) in [5, 5.41) is 0. The second-order valence-corrected chi connectivity index (χ2v) is 4.01. The Morgan fingerprint density at radius 1 is 1.71 bits per heavy atom. The third kappa shape index (κ3) is 2.34. The summed E-state index contributed by atoms with van der Waals surface area (Å²) in [6.07, 6.45) is 1.48. The molecule has 0 saturated carbocycles. The van der Waals surface area contributed by atoms with Gasteiger partial charge in [0.2, 0.25) is 0 Å². The molecule has 1 aliphatic rings. The van der Waals surface area contributed by atoms with Crippen LogP contribution in [-0.2, 0) is 0 Å². The Kier molecular flexibility index (Phi) is 1.75. The standard InChI is InChI=1S/C5H11BP/c1-4(2)6-5-3-7-5/h4-5,7H,3H2,1-2H3. The van der Waals surface area contributed by atoms with E-state index < -0.39 is 0 Å². The summed E-state index contributed by atoms with van der Waals surface area (Å²) in [6, 6.07) is 0. The van der Waals surface area contributed by atoms with Crippen molar-refractivity contribution >= 4 is 15.9 Å². The van der Waals surface area contributed by atoms with Crippen molar-refractivity contribution in [2.24, 2.45) is 0 Å². The van der Waals surface area contributed by atoms with Gasteiger partial charge in [0.1, 0.15) is 7.28 Å². The van der Waals surface area contributed by atoms with Crippen LogP contribution in [0.5, 0.6) is 0 Å². The minimum atomic E-state index is 0.819. The summed E-state index contributed by atoms with van der Waals surface area (Å²) in [6.45, 7) is 4.51. The lowest BCUT2D eigenvalue weighted by molar-refractivity contribution is 1.05. The van der Waals surface area contributed by atoms with Gasteiger partial charge in [-0.3, -0.25) is 0 Å². The van der Waals surface area contributed by atoms with Crippen molar-refractivity contribution in [2.45, 2.75) is 25.2 Å². The van der Waals surface area contributed by atoms with Gasteiger partial charge in [0, 0.05) is 0 Å². The molecule has 0 aliphatic carbocycles. The van der Waals surface area contributed by atoms with Crippen molar-refractivity contribution < 1.29 is 0 Å². The molecule has 0 bridgehead atoms. The minimum Gasteiger partial charge on any atom is -0.127 e. The van der Waals surface area contributed by atoms with Crippen LogP contribution in [0, 0.1) is 0 Å². The zero-order valence-corrected chi connectivity index (χ0v) is 5.94. The van der Waals surface area contributed by atoms with Crippen LogP contribution in [0.25, 0.3) is 0 Å². The average molecular weight is 113 g/mol. The Morgan fingerprint density at radius 2 is 2.29 bits per heavy atom. The molecule has 1 fully saturated rings. The van der Waals surface area contributed by atoms with E-state index in [0.717, 1.165) is 11.4 Å². The fourth-order valence-electron chi connectivity index (χ4n) is 0.669. The molecule has 7 heavy (non-hydrogen) atoms. The smallest absolute Gasteiger partial charge is 0.123 e. The van der Waals surface area contributed by atoms with E-state index in [1.54, 1.807) is 0 Å². The summed E-state index contributed by atoms with van der Waals surface area (Å²) in [4.78, 5) is 0. The van der Waals surface area contributed by atoms with Crippen LogP contribution in [0.2, 0.25) is 5.82 Å². The first kappa shape index (κ1) is 5.63. The highest BCUT2D eigenvalue weighted by atomic mass is 31.1. The first-order valence-electron chi connectivity index (χ1n) is 2.87. The Labute approximate surface area is 48.1 Å². The first-order valence-corrected chi connectivity index (χ1v) is 4.16. The lowest BCUT2D eigenvalue weighted by Crippen LogP contribution is -2.01. The molecule has 39 valence electrons. The van der Waals surface area contributed by atoms with E-state index in [2.05, 4.69) is 21.1 Å². The maximum Gasteiger partial charge on any atom is 0.123 e. The topological polar surface area (TPSA) is 0 Å². The van der Waals surface area contributed by atoms with Gasteiger partial charge in [-0.15, -0.1) is 8.58 Å². The fraction of sp³-hybridized carbons (Fsp3) is 1.00. The van der Waals surface area contributed by atoms with Gasteiger partial charge in [-0.2, -0.15) is 0 Å². The number of rotatable bonds is 2. The molecule has 0 aromatic rings. The van der Waals surface area contributed by atoms with Gasteiger partial charge in [-0.25, -0.2) is 0 Å². The maximum atomic E-state index is 2.46. The van der Waals surface area contributed by atoms with Crippen LogP contribution < -0.4 is 0 Å². The summed E-state index contributed by atoms with van der Waals surface area (Å²) in [5.74, 6) is 0.819. The largest absolute Gasteiger partial charge is 0.127 e. The average Bonchev–Trinajstić information content (AvgIpc) is 2.17. The predicted molar refractivity (Wildman–Crippen MR) is 37.8 cm³/mol. The van der Waals surface area contributed by atoms with Gasteiger partial charge in [0.25, 0.3) is 0 Å². The molecule has 2 unspecified atom stereocenters. The molecule has 1 saturated heterocycles. The molecule has 0 aromatic heterocycles. The predicted octanol–water partition coefficient (Wildman–Crippen LogP) is 1.54. The zero-order chi connectivity index (χ0) is 5.28. The van der Waals surface area contributed by atoms with Gasteiger partial charge in [-0.05, 0) is 11.7 Å². The molecular weight excluding hydrogens is 102 g/mol. The van der Waals surface area contributed by atoms with Crippen molar-refractivity contribution in [1.82, 2.24) is 0 Å². The zero-order valence-electron chi connectivity index (χ0n) is 4.94. The Bertz CT molecular complexity index is 59.1. The summed E-state index contributed by atoms with van der Waals surface area (Å²) in [7, 11) is 3.72. The Morgan fingerprint density at radius 3 is 2.43 bits per heavy atom. The highest BCUT2D eigenvalue weighted by Gasteiger charge is 2.22. The second-order valence-electron chi connectivity index (χ2n) is 2.45. The molecular formula is C5H11BP. The SMILES string of the molecule is CC(C)[B]C1CP1. The molecule has 0 N–H and O–H groups in total. The molecule has 1 radical (unpaired) electrons. The van der Waals surface area contributed by atoms with Crippen molar-refractivity contribution in [3.8, 4) is 0 Å². The number of hydrogen-bond acceptors (Lipinski definition) is 0. The van der Waals surface area contributed by atoms with Gasteiger partial charge >= 0.3 is 0 Å². The molecule has 0 nitrogen and oxygen atoms in total. The normalized spacial score (nSPS) is 31.6. The van der Waals surface area contributed by atoms with E-state index in [0.29, 0.717) is 0 Å². The summed E-state index contributed by atoms with van der Waals surface area (Å²) >= 11 is 0. The third-order valence-electron chi connectivity index (χ3n) is 1.06. The molecule has 1 heterocycles. The van der Waals surface area contributed by atoms with Gasteiger partial charge in [-0.1, -0.05) is 19.7 Å². The van der Waals surface area contributed by atoms with Crippen LogP contribution in [0.15, 0.2) is 0 Å². The lowest BCUT2D eigenvalue weighted by atomic mass is 9.64. The van der Waals surface area contributed by atoms with E-state index in [9.17, 15) is 0 Å². The van der Waals surface area contributed by atoms with Gasteiger partial charge in [0.15, 0.2) is 0 Å². The van der Waals surface area contributed by atoms with Crippen molar-refractivity contribution in [2.75, 3.05) is 6.16 Å². The fourth-order valence-corrected chi connectivity index (χ4v) is 1.46. The van der Waals surface area contributed by atoms with E-state index in [1.807, 2.05) is 0 Å². The van der Waals surface area contributed by atoms with Crippen molar-refractivity contribution in [1.29, 1.82) is 0 Å². The van der Waals surface area contributed by atoms with Gasteiger partial charge in [0.05, 0.1) is 0 Å². The monoisotopic (exact) mass is 113 g/mol. The molecule has 0 spiro atoms. The Hall–Kier alpha value is 0.495. The van der Waals surface area contributed by atoms with Crippen molar-refractivity contribution in [3.63, 3.8) is 0 Å². The van der Waals surface area contributed by atoms with E-state index in [1.165, 1.54) is 14.7 Å². The molecule has 2 heteroatoms. The summed E-state index contributed by atoms with van der Waals surface area (Å²) in [5.41, 5.74) is 1.03. The van der Waals surface area contributed by atoms with Gasteiger partial charge < -0.3 is 0 Å². The molecule has 2 atom stereocenters. The third-order valence-corrected chi connectivity index (χ3v) is 2.13. The number of hydrogen-bond donors (Lipinski definition) is 0. The summed E-state index contributed by atoms with van der Waals surface area (Å²) < 4.78 is 0. The lowest BCUT2D eigenvalue weighted by Gasteiger charge is -1.95. The highest BCUT2D eigenvalue weighted by molar-refractivity contribution is 7.51. The van der Waals surface area contributed by atoms with Crippen LogP contribution in [0.4, 0.5) is 0 Å². The van der Waals surface area contributed by atoms with Crippen LogP contribution in [-0.4, -0.2) is 19.0 Å². The molecule has 0 aromatic carbocycles. The molecule has 1 rings (SSSR count). The quantitative estimate of drug-likeness (QED) is 0.376. The molecule has 0 amide bonds. The van der Waals surface area contributed by atoms with E-state index in [4.69, 9.17) is 0 Å². The first-order chi connectivity index (χ1) is 3.29. The maximum absolute atomic E-state index is 2.46. The van der Waals surface area contributed by atoms with Crippen LogP contribution in [0.3, 0.4) is 0 Å². The molecule has 1 aliphatic heterocycles. The van der Waals surface area contributed by atoms with E-state index in [-0.39, 0.29) is 0 Å². The van der Waals surface area contributed by atoms with E-state index >= 15 is 0 Å². The second kappa shape index (κ2) is 2.18. The highest BCUT2D eigenvalue weighted by Crippen LogP contribution is 2.38. The van der Waals surface area contributed by atoms with Crippen LogP contribution in [0.1, 0.15) is 13.8 Å². The minimum absolute atomic E-state index is 0.819. The van der Waals surface area contributed by atoms with Crippen LogP contribution >= 0.6 is 8.58 Å². The Balaban J connectivity index is 1.97.